The fourth-order valence-corrected chi connectivity index (χ4v) is 1.84. The van der Waals surface area contributed by atoms with Crippen LogP contribution >= 0.6 is 0 Å². The number of rotatable bonds is 7. The zero-order valence-electron chi connectivity index (χ0n) is 11.3. The van der Waals surface area contributed by atoms with Crippen LogP contribution in [0.5, 0.6) is 5.75 Å². The van der Waals surface area contributed by atoms with Crippen molar-refractivity contribution >= 4 is 0 Å². The normalized spacial score (nSPS) is 11.3. The molecule has 0 heterocycles. The molecule has 1 aromatic rings. The largest absolute Gasteiger partial charge is 0.494 e. The number of halogens is 1. The van der Waals surface area contributed by atoms with Crippen LogP contribution in [-0.2, 0) is 6.54 Å². The smallest absolute Gasteiger partial charge is 0.165 e. The molecule has 1 N–H and O–H groups in total. The summed E-state index contributed by atoms with van der Waals surface area (Å²) < 4.78 is 18.5. The lowest BCUT2D eigenvalue weighted by molar-refractivity contribution is 0.184. The molecule has 0 bridgehead atoms. The van der Waals surface area contributed by atoms with Crippen LogP contribution in [0.2, 0.25) is 0 Å². The molecular formula is C14H22FNO2. The van der Waals surface area contributed by atoms with E-state index in [2.05, 4.69) is 18.7 Å². The average Bonchev–Trinajstić information content (AvgIpc) is 2.34. The molecule has 0 radical (unpaired) electrons. The summed E-state index contributed by atoms with van der Waals surface area (Å²) in [5.74, 6) is -0.0638. The predicted molar refractivity (Wildman–Crippen MR) is 70.2 cm³/mol. The highest BCUT2D eigenvalue weighted by Crippen LogP contribution is 2.19. The third-order valence-corrected chi connectivity index (χ3v) is 2.94. The minimum absolute atomic E-state index is 0.181. The first kappa shape index (κ1) is 14.9. The predicted octanol–water partition coefficient (Wildman–Crippen LogP) is 2.43. The molecule has 0 aliphatic carbocycles. The van der Waals surface area contributed by atoms with E-state index < -0.39 is 0 Å². The van der Waals surface area contributed by atoms with Crippen molar-refractivity contribution in [3.05, 3.63) is 29.6 Å². The fourth-order valence-electron chi connectivity index (χ4n) is 1.84. The summed E-state index contributed by atoms with van der Waals surface area (Å²) in [4.78, 5) is 2.21. The van der Waals surface area contributed by atoms with Gasteiger partial charge in [0, 0.05) is 25.7 Å². The maximum absolute atomic E-state index is 13.6. The van der Waals surface area contributed by atoms with Crippen LogP contribution in [0.15, 0.2) is 18.2 Å². The minimum atomic E-state index is -0.333. The van der Waals surface area contributed by atoms with Crippen molar-refractivity contribution in [2.45, 2.75) is 32.9 Å². The number of aliphatic hydroxyl groups excluding tert-OH is 1. The molecular weight excluding hydrogens is 233 g/mol. The van der Waals surface area contributed by atoms with Crippen molar-refractivity contribution in [2.24, 2.45) is 0 Å². The summed E-state index contributed by atoms with van der Waals surface area (Å²) in [6, 6.07) is 5.39. The molecule has 0 spiro atoms. The fraction of sp³-hybridized carbons (Fsp3) is 0.571. The first-order valence-electron chi connectivity index (χ1n) is 6.25. The highest BCUT2D eigenvalue weighted by atomic mass is 19.1. The van der Waals surface area contributed by atoms with E-state index in [0.717, 1.165) is 18.5 Å². The number of aliphatic hydroxyl groups is 1. The second-order valence-corrected chi connectivity index (χ2v) is 4.61. The van der Waals surface area contributed by atoms with Gasteiger partial charge >= 0.3 is 0 Å². The van der Waals surface area contributed by atoms with Crippen molar-refractivity contribution in [2.75, 3.05) is 20.3 Å². The average molecular weight is 255 g/mol. The zero-order valence-corrected chi connectivity index (χ0v) is 11.3. The molecule has 4 heteroatoms. The Morgan fingerprint density at radius 1 is 1.39 bits per heavy atom. The first-order chi connectivity index (χ1) is 8.58. The van der Waals surface area contributed by atoms with E-state index in [1.54, 1.807) is 6.07 Å². The van der Waals surface area contributed by atoms with Crippen LogP contribution < -0.4 is 4.74 Å². The Morgan fingerprint density at radius 2 is 2.11 bits per heavy atom. The second kappa shape index (κ2) is 7.34. The van der Waals surface area contributed by atoms with Gasteiger partial charge in [-0.05, 0) is 38.0 Å². The van der Waals surface area contributed by atoms with Gasteiger partial charge in [-0.3, -0.25) is 4.90 Å². The van der Waals surface area contributed by atoms with Gasteiger partial charge in [0.15, 0.2) is 11.6 Å². The number of hydrogen-bond acceptors (Lipinski definition) is 3. The van der Waals surface area contributed by atoms with E-state index in [0.29, 0.717) is 12.6 Å². The summed E-state index contributed by atoms with van der Waals surface area (Å²) in [7, 11) is 1.46. The summed E-state index contributed by atoms with van der Waals surface area (Å²) in [5.41, 5.74) is 0.917. The number of benzene rings is 1. The van der Waals surface area contributed by atoms with Crippen LogP contribution in [0, 0.1) is 5.82 Å². The lowest BCUT2D eigenvalue weighted by Crippen LogP contribution is -2.31. The second-order valence-electron chi connectivity index (χ2n) is 4.61. The van der Waals surface area contributed by atoms with Gasteiger partial charge in [-0.15, -0.1) is 0 Å². The maximum Gasteiger partial charge on any atom is 0.165 e. The minimum Gasteiger partial charge on any atom is -0.494 e. The lowest BCUT2D eigenvalue weighted by Gasteiger charge is -2.26. The quantitative estimate of drug-likeness (QED) is 0.812. The van der Waals surface area contributed by atoms with E-state index in [-0.39, 0.29) is 18.2 Å². The van der Waals surface area contributed by atoms with Crippen LogP contribution in [0.4, 0.5) is 4.39 Å². The Bertz CT molecular complexity index is 369. The molecule has 0 aliphatic rings. The van der Waals surface area contributed by atoms with Crippen LogP contribution in [0.3, 0.4) is 0 Å². The molecule has 0 aromatic heterocycles. The Morgan fingerprint density at radius 3 is 2.61 bits per heavy atom. The van der Waals surface area contributed by atoms with Crippen molar-refractivity contribution in [1.29, 1.82) is 0 Å². The van der Waals surface area contributed by atoms with Crippen molar-refractivity contribution in [3.63, 3.8) is 0 Å². The molecule has 0 amide bonds. The lowest BCUT2D eigenvalue weighted by atomic mass is 10.1. The molecule has 102 valence electrons. The van der Waals surface area contributed by atoms with Crippen LogP contribution in [0.1, 0.15) is 25.8 Å². The molecule has 0 fully saturated rings. The Balaban J connectivity index is 2.71. The molecule has 3 nitrogen and oxygen atoms in total. The maximum atomic E-state index is 13.6. The monoisotopic (exact) mass is 255 g/mol. The van der Waals surface area contributed by atoms with E-state index in [9.17, 15) is 4.39 Å². The standard InChI is InChI=1S/C14H22FNO2/c1-11(2)16(7-4-8-17)10-12-5-6-14(18-3)13(15)9-12/h5-6,9,11,17H,4,7-8,10H2,1-3H3. The van der Waals surface area contributed by atoms with Gasteiger partial charge in [0.1, 0.15) is 0 Å². The number of nitrogens with zero attached hydrogens (tertiary/aromatic N) is 1. The van der Waals surface area contributed by atoms with Gasteiger partial charge in [-0.25, -0.2) is 4.39 Å². The van der Waals surface area contributed by atoms with Crippen molar-refractivity contribution in [1.82, 2.24) is 4.90 Å². The summed E-state index contributed by atoms with van der Waals surface area (Å²) >= 11 is 0. The molecule has 0 aliphatic heterocycles. The number of ether oxygens (including phenoxy) is 1. The Kier molecular flexibility index (Phi) is 6.09. The van der Waals surface area contributed by atoms with Crippen LogP contribution in [0.25, 0.3) is 0 Å². The van der Waals surface area contributed by atoms with Crippen molar-refractivity contribution in [3.8, 4) is 5.75 Å². The van der Waals surface area contributed by atoms with Gasteiger partial charge in [0.05, 0.1) is 7.11 Å². The van der Waals surface area contributed by atoms with E-state index in [1.165, 1.54) is 13.2 Å². The molecule has 0 saturated carbocycles. The topological polar surface area (TPSA) is 32.7 Å². The van der Waals surface area contributed by atoms with E-state index in [1.807, 2.05) is 6.07 Å². The van der Waals surface area contributed by atoms with Crippen molar-refractivity contribution < 1.29 is 14.2 Å². The van der Waals surface area contributed by atoms with Gasteiger partial charge < -0.3 is 9.84 Å². The zero-order chi connectivity index (χ0) is 13.5. The molecule has 0 saturated heterocycles. The summed E-state index contributed by atoms with van der Waals surface area (Å²) in [5, 5.41) is 8.87. The third-order valence-electron chi connectivity index (χ3n) is 2.94. The first-order valence-corrected chi connectivity index (χ1v) is 6.25. The van der Waals surface area contributed by atoms with Gasteiger partial charge in [-0.1, -0.05) is 6.07 Å². The number of methoxy groups -OCH3 is 1. The Labute approximate surface area is 108 Å². The SMILES string of the molecule is COc1ccc(CN(CCCO)C(C)C)cc1F. The summed E-state index contributed by atoms with van der Waals surface area (Å²) in [6.45, 7) is 5.86. The van der Waals surface area contributed by atoms with Gasteiger partial charge in [0.2, 0.25) is 0 Å². The Hall–Kier alpha value is -1.13. The molecule has 18 heavy (non-hydrogen) atoms. The molecule has 0 unspecified atom stereocenters. The highest BCUT2D eigenvalue weighted by molar-refractivity contribution is 5.29. The van der Waals surface area contributed by atoms with E-state index in [4.69, 9.17) is 9.84 Å². The molecule has 1 aromatic carbocycles. The highest BCUT2D eigenvalue weighted by Gasteiger charge is 2.11. The summed E-state index contributed by atoms with van der Waals surface area (Å²) in [6.07, 6.45) is 0.733. The van der Waals surface area contributed by atoms with Crippen LogP contribution in [-0.4, -0.2) is 36.3 Å². The van der Waals surface area contributed by atoms with E-state index >= 15 is 0 Å². The third kappa shape index (κ3) is 4.27. The van der Waals surface area contributed by atoms with Gasteiger partial charge in [0.25, 0.3) is 0 Å². The molecule has 1 rings (SSSR count). The number of hydrogen-bond donors (Lipinski definition) is 1. The molecule has 0 atom stereocenters. The van der Waals surface area contributed by atoms with Gasteiger partial charge in [-0.2, -0.15) is 0 Å².